The van der Waals surface area contributed by atoms with Crippen molar-refractivity contribution in [3.63, 3.8) is 0 Å². The summed E-state index contributed by atoms with van der Waals surface area (Å²) in [4.78, 5) is 0. The molecule has 0 aromatic carbocycles. The van der Waals surface area contributed by atoms with Crippen LogP contribution in [-0.4, -0.2) is 5.50 Å². The van der Waals surface area contributed by atoms with Crippen molar-refractivity contribution >= 4 is 12.6 Å². The minimum absolute atomic E-state index is 0.123. The third kappa shape index (κ3) is 3.95. The van der Waals surface area contributed by atoms with Gasteiger partial charge in [-0.1, -0.05) is 0 Å². The van der Waals surface area contributed by atoms with Crippen molar-refractivity contribution in [1.82, 2.24) is 0 Å². The SMILES string of the molecule is FC=CC(F)S. The Morgan fingerprint density at radius 3 is 2.17 bits per heavy atom. The van der Waals surface area contributed by atoms with Gasteiger partial charge in [-0.05, 0) is 6.08 Å². The molecule has 0 N–H and O–H groups in total. The van der Waals surface area contributed by atoms with E-state index in [1.54, 1.807) is 0 Å². The minimum atomic E-state index is -1.46. The van der Waals surface area contributed by atoms with E-state index in [0.717, 1.165) is 0 Å². The molecule has 0 radical (unpaired) electrons. The zero-order chi connectivity index (χ0) is 4.99. The van der Waals surface area contributed by atoms with Crippen molar-refractivity contribution in [3.05, 3.63) is 12.4 Å². The fourth-order valence-corrected chi connectivity index (χ4v) is 0.125. The first-order chi connectivity index (χ1) is 2.77. The first-order valence-corrected chi connectivity index (χ1v) is 1.88. The molecule has 0 rings (SSSR count). The highest BCUT2D eigenvalue weighted by molar-refractivity contribution is 7.80. The van der Waals surface area contributed by atoms with Crippen LogP contribution in [0.25, 0.3) is 0 Å². The van der Waals surface area contributed by atoms with Gasteiger partial charge in [-0.3, -0.25) is 0 Å². The molecule has 0 fully saturated rings. The van der Waals surface area contributed by atoms with E-state index in [4.69, 9.17) is 0 Å². The van der Waals surface area contributed by atoms with Gasteiger partial charge in [-0.2, -0.15) is 0 Å². The quantitative estimate of drug-likeness (QED) is 0.488. The maximum Gasteiger partial charge on any atom is 0.164 e. The van der Waals surface area contributed by atoms with E-state index >= 15 is 0 Å². The van der Waals surface area contributed by atoms with Gasteiger partial charge in [-0.25, -0.2) is 8.78 Å². The second kappa shape index (κ2) is 3.15. The fourth-order valence-electron chi connectivity index (χ4n) is 0.0600. The average molecular weight is 110 g/mol. The molecule has 0 aliphatic carbocycles. The molecule has 6 heavy (non-hydrogen) atoms. The van der Waals surface area contributed by atoms with Crippen LogP contribution < -0.4 is 0 Å². The Morgan fingerprint density at radius 2 is 2.17 bits per heavy atom. The lowest BCUT2D eigenvalue weighted by Crippen LogP contribution is -1.74. The first-order valence-electron chi connectivity index (χ1n) is 1.36. The lowest BCUT2D eigenvalue weighted by atomic mass is 10.7. The minimum Gasteiger partial charge on any atom is -0.231 e. The number of alkyl halides is 1. The number of hydrogen-bond acceptors (Lipinski definition) is 1. The molecule has 3 heteroatoms. The summed E-state index contributed by atoms with van der Waals surface area (Å²) >= 11 is 3.18. The van der Waals surface area contributed by atoms with Gasteiger partial charge in [0, 0.05) is 0 Å². The van der Waals surface area contributed by atoms with Crippen LogP contribution in [0.15, 0.2) is 12.4 Å². The van der Waals surface area contributed by atoms with Crippen molar-refractivity contribution in [2.75, 3.05) is 0 Å². The Balaban J connectivity index is 3.03. The molecule has 0 spiro atoms. The van der Waals surface area contributed by atoms with Crippen LogP contribution in [0.2, 0.25) is 0 Å². The van der Waals surface area contributed by atoms with Gasteiger partial charge >= 0.3 is 0 Å². The van der Waals surface area contributed by atoms with Crippen molar-refractivity contribution in [1.29, 1.82) is 0 Å². The Kier molecular flexibility index (Phi) is 3.13. The summed E-state index contributed by atoms with van der Waals surface area (Å²) in [6.45, 7) is 0. The third-order valence-electron chi connectivity index (χ3n) is 0.232. The van der Waals surface area contributed by atoms with Crippen molar-refractivity contribution in [2.45, 2.75) is 5.50 Å². The molecule has 1 unspecified atom stereocenters. The van der Waals surface area contributed by atoms with Crippen LogP contribution in [-0.2, 0) is 0 Å². The highest BCUT2D eigenvalue weighted by atomic mass is 32.1. The van der Waals surface area contributed by atoms with Crippen LogP contribution >= 0.6 is 12.6 Å². The van der Waals surface area contributed by atoms with E-state index in [1.807, 2.05) is 0 Å². The largest absolute Gasteiger partial charge is 0.231 e. The zero-order valence-corrected chi connectivity index (χ0v) is 3.83. The van der Waals surface area contributed by atoms with E-state index in [-0.39, 0.29) is 6.33 Å². The lowest BCUT2D eigenvalue weighted by Gasteiger charge is -1.80. The van der Waals surface area contributed by atoms with Crippen LogP contribution in [0, 0.1) is 0 Å². The summed E-state index contributed by atoms with van der Waals surface area (Å²) < 4.78 is 22.0. The summed E-state index contributed by atoms with van der Waals surface area (Å²) in [5, 5.41) is 0. The van der Waals surface area contributed by atoms with E-state index in [1.165, 1.54) is 0 Å². The molecule has 0 aromatic heterocycles. The van der Waals surface area contributed by atoms with Crippen LogP contribution in [0.5, 0.6) is 0 Å². The molecule has 0 amide bonds. The Labute approximate surface area is 40.3 Å². The maximum atomic E-state index is 11.2. The van der Waals surface area contributed by atoms with Crippen molar-refractivity contribution in [2.24, 2.45) is 0 Å². The van der Waals surface area contributed by atoms with Gasteiger partial charge in [0.2, 0.25) is 0 Å². The number of halogens is 2. The second-order valence-electron chi connectivity index (χ2n) is 0.691. The molecular weight excluding hydrogens is 106 g/mol. The summed E-state index contributed by atoms with van der Waals surface area (Å²) in [7, 11) is 0. The molecule has 0 aliphatic heterocycles. The Bertz CT molecular complexity index is 50.8. The van der Waals surface area contributed by atoms with Gasteiger partial charge in [0.25, 0.3) is 0 Å². The lowest BCUT2D eigenvalue weighted by molar-refractivity contribution is 0.517. The van der Waals surface area contributed by atoms with Crippen LogP contribution in [0.3, 0.4) is 0 Å². The molecule has 1 atom stereocenters. The number of rotatable bonds is 1. The van der Waals surface area contributed by atoms with E-state index in [2.05, 4.69) is 12.6 Å². The number of thiol groups is 1. The zero-order valence-electron chi connectivity index (χ0n) is 2.94. The molecule has 0 saturated carbocycles. The molecule has 0 aliphatic rings. The van der Waals surface area contributed by atoms with Gasteiger partial charge < -0.3 is 0 Å². The van der Waals surface area contributed by atoms with Gasteiger partial charge in [0.15, 0.2) is 5.50 Å². The van der Waals surface area contributed by atoms with Crippen molar-refractivity contribution < 1.29 is 8.78 Å². The van der Waals surface area contributed by atoms with Crippen LogP contribution in [0.1, 0.15) is 0 Å². The second-order valence-corrected chi connectivity index (χ2v) is 1.18. The molecule has 0 heterocycles. The van der Waals surface area contributed by atoms with E-state index < -0.39 is 5.50 Å². The standard InChI is InChI=1S/C3H4F2S/c4-2-1-3(5)6/h1-3,6H. The molecule has 36 valence electrons. The molecule has 0 saturated heterocycles. The highest BCUT2D eigenvalue weighted by Gasteiger charge is 1.84. The first kappa shape index (κ1) is 5.95. The van der Waals surface area contributed by atoms with Crippen molar-refractivity contribution in [3.8, 4) is 0 Å². The predicted octanol–water partition coefficient (Wildman–Crippen LogP) is 1.70. The monoisotopic (exact) mass is 110 g/mol. The molecule has 0 nitrogen and oxygen atoms in total. The summed E-state index contributed by atoms with van der Waals surface area (Å²) in [6.07, 6.45) is 0.820. The van der Waals surface area contributed by atoms with E-state index in [0.29, 0.717) is 6.08 Å². The fraction of sp³-hybridized carbons (Fsp3) is 0.333. The average Bonchev–Trinajstić information content (AvgIpc) is 1.35. The third-order valence-corrected chi connectivity index (χ3v) is 0.404. The number of hydrogen-bond donors (Lipinski definition) is 1. The maximum absolute atomic E-state index is 11.2. The molecular formula is C3H4F2S. The van der Waals surface area contributed by atoms with Gasteiger partial charge in [0.1, 0.15) is 0 Å². The van der Waals surface area contributed by atoms with Crippen LogP contribution in [0.4, 0.5) is 8.78 Å². The molecule has 0 aromatic rings. The smallest absolute Gasteiger partial charge is 0.164 e. The Morgan fingerprint density at radius 1 is 1.67 bits per heavy atom. The molecule has 0 bridgehead atoms. The topological polar surface area (TPSA) is 0 Å². The Hall–Kier alpha value is -0.0500. The summed E-state index contributed by atoms with van der Waals surface area (Å²) in [6, 6.07) is 0. The van der Waals surface area contributed by atoms with Gasteiger partial charge in [-0.15, -0.1) is 12.6 Å². The van der Waals surface area contributed by atoms with Gasteiger partial charge in [0.05, 0.1) is 6.33 Å². The highest BCUT2D eigenvalue weighted by Crippen LogP contribution is 1.95. The van der Waals surface area contributed by atoms with E-state index in [9.17, 15) is 8.78 Å². The normalized spacial score (nSPS) is 15.8. The summed E-state index contributed by atoms with van der Waals surface area (Å²) in [5.74, 6) is 0. The summed E-state index contributed by atoms with van der Waals surface area (Å²) in [5.41, 5.74) is -1.46. The predicted molar refractivity (Wildman–Crippen MR) is 24.1 cm³/mol.